The molecule has 0 heterocycles. The number of carboxylic acid groups (broad SMARTS) is 1. The van der Waals surface area contributed by atoms with Gasteiger partial charge in [-0.25, -0.2) is 0 Å². The Morgan fingerprint density at radius 3 is 2.00 bits per heavy atom. The van der Waals surface area contributed by atoms with Crippen molar-refractivity contribution in [3.05, 3.63) is 0 Å². The van der Waals surface area contributed by atoms with Crippen LogP contribution in [0.15, 0.2) is 0 Å². The molecule has 0 fully saturated rings. The van der Waals surface area contributed by atoms with E-state index in [-0.39, 0.29) is 31.8 Å². The van der Waals surface area contributed by atoms with Crippen molar-refractivity contribution in [1.29, 1.82) is 0 Å². The molecule has 0 saturated carbocycles. The monoisotopic (exact) mass is 143 g/mol. The molecular weight excluding hydrogens is 130 g/mol. The molecule has 0 rings (SSSR count). The van der Waals surface area contributed by atoms with E-state index < -0.39 is 12.0 Å². The van der Waals surface area contributed by atoms with Crippen molar-refractivity contribution >= 4 is 29.0 Å². The molecule has 52 valence electrons. The summed E-state index contributed by atoms with van der Waals surface area (Å²) in [5.74, 6) is -0.910. The molecule has 3 N–H and O–H groups in total. The molecule has 0 amide bonds. The predicted octanol–water partition coefficient (Wildman–Crippen LogP) is -0.101. The van der Waals surface area contributed by atoms with E-state index >= 15 is 0 Å². The topological polar surface area (TPSA) is 63.3 Å². The van der Waals surface area contributed by atoms with E-state index in [9.17, 15) is 4.79 Å². The molecule has 0 spiro atoms. The fourth-order valence-corrected chi connectivity index (χ4v) is 0.285. The molecule has 0 aromatic heterocycles. The Balaban J connectivity index is -0.0000000817. The number of carboxylic acids is 1. The molecule has 0 aromatic rings. The average Bonchev–Trinajstić information content (AvgIpc) is 1.64. The van der Waals surface area contributed by atoms with Crippen molar-refractivity contribution in [2.75, 3.05) is 0 Å². The number of hydrogen-bond donors (Lipinski definition) is 2. The van der Waals surface area contributed by atoms with Crippen LogP contribution in [0.2, 0.25) is 0 Å². The molecule has 0 aromatic carbocycles. The maximum atomic E-state index is 10.0. The van der Waals surface area contributed by atoms with Gasteiger partial charge in [0.1, 0.15) is 6.04 Å². The maximum Gasteiger partial charge on any atom is 2.00 e. The van der Waals surface area contributed by atoms with E-state index in [1.807, 2.05) is 0 Å². The van der Waals surface area contributed by atoms with E-state index in [1.165, 1.54) is 0 Å². The van der Waals surface area contributed by atoms with Crippen LogP contribution in [0.3, 0.4) is 0 Å². The summed E-state index contributed by atoms with van der Waals surface area (Å²) >= 11 is 0. The van der Waals surface area contributed by atoms with Gasteiger partial charge in [0.2, 0.25) is 0 Å². The van der Waals surface area contributed by atoms with Crippen LogP contribution in [0.5, 0.6) is 0 Å². The zero-order valence-corrected chi connectivity index (χ0v) is 7.21. The predicted molar refractivity (Wildman–Crippen MR) is 38.4 cm³/mol. The van der Waals surface area contributed by atoms with Crippen LogP contribution in [0.25, 0.3) is 0 Å². The van der Waals surface area contributed by atoms with Gasteiger partial charge in [-0.1, -0.05) is 13.8 Å². The van der Waals surface area contributed by atoms with Gasteiger partial charge in [-0.05, 0) is 5.92 Å². The third kappa shape index (κ3) is 4.68. The average molecular weight is 143 g/mol. The van der Waals surface area contributed by atoms with Crippen LogP contribution in [-0.4, -0.2) is 40.2 Å². The van der Waals surface area contributed by atoms with Crippen LogP contribution in [0, 0.1) is 5.92 Å². The van der Waals surface area contributed by atoms with Gasteiger partial charge < -0.3 is 13.7 Å². The van der Waals surface area contributed by atoms with Gasteiger partial charge in [0, 0.05) is 0 Å². The molecule has 9 heavy (non-hydrogen) atoms. The molecule has 1 atom stereocenters. The molecule has 0 saturated heterocycles. The Bertz CT molecular complexity index is 102. The maximum absolute atomic E-state index is 10.0. The van der Waals surface area contributed by atoms with Crippen molar-refractivity contribution in [3.8, 4) is 0 Å². The Morgan fingerprint density at radius 1 is 1.67 bits per heavy atom. The smallest absolute Gasteiger partial charge is 1.00 e. The van der Waals surface area contributed by atoms with E-state index in [4.69, 9.17) is 10.8 Å². The molecule has 4 heteroatoms. The summed E-state index contributed by atoms with van der Waals surface area (Å²) in [6.07, 6.45) is 0. The van der Waals surface area contributed by atoms with Crippen molar-refractivity contribution in [2.45, 2.75) is 19.9 Å². The van der Waals surface area contributed by atoms with Crippen molar-refractivity contribution in [1.82, 2.24) is 0 Å². The van der Waals surface area contributed by atoms with Crippen molar-refractivity contribution in [3.63, 3.8) is 0 Å². The Hall–Kier alpha value is 0.196. The molecule has 1 unspecified atom stereocenters. The normalized spacial score (nSPS) is 12.4. The molecule has 0 aliphatic carbocycles. The zero-order valence-electron chi connectivity index (χ0n) is 7.79. The number of hydrogen-bond acceptors (Lipinski definition) is 2. The second kappa shape index (κ2) is 5.02. The largest absolute Gasteiger partial charge is 2.00 e. The second-order valence-corrected chi connectivity index (χ2v) is 2.11. The van der Waals surface area contributed by atoms with E-state index in [2.05, 4.69) is 0 Å². The zero-order chi connectivity index (χ0) is 6.73. The molecule has 3 nitrogen and oxygen atoms in total. The number of carbonyl (C=O) groups is 1. The minimum atomic E-state index is -0.931. The van der Waals surface area contributed by atoms with Crippen LogP contribution < -0.4 is 5.73 Å². The van der Waals surface area contributed by atoms with Crippen molar-refractivity contribution in [2.24, 2.45) is 11.7 Å². The van der Waals surface area contributed by atoms with Gasteiger partial charge in [0.25, 0.3) is 0 Å². The first kappa shape index (κ1) is 11.9. The first-order chi connectivity index (χ1) is 3.55. The molecule has 0 radical (unpaired) electrons. The summed E-state index contributed by atoms with van der Waals surface area (Å²) in [5.41, 5.74) is 5.16. The SMILES string of the molecule is CC(C)C(N)C(=O)O.[H-].[H-].[Mg+2]. The minimum absolute atomic E-state index is 0. The molecule has 0 aliphatic rings. The van der Waals surface area contributed by atoms with Gasteiger partial charge in [0.15, 0.2) is 0 Å². The van der Waals surface area contributed by atoms with Crippen molar-refractivity contribution < 1.29 is 12.8 Å². The van der Waals surface area contributed by atoms with Gasteiger partial charge in [-0.3, -0.25) is 4.79 Å². The third-order valence-electron chi connectivity index (χ3n) is 1.00. The number of nitrogens with two attached hydrogens (primary N) is 1. The standard InChI is InChI=1S/C5H11NO2.Mg.2H/c1-3(2)4(6)5(7)8;;;/h3-4H,6H2,1-2H3,(H,7,8);;;/q;+2;2*-1. The van der Waals surface area contributed by atoms with E-state index in [0.717, 1.165) is 0 Å². The first-order valence-corrected chi connectivity index (χ1v) is 2.54. The fourth-order valence-electron chi connectivity index (χ4n) is 0.285. The summed E-state index contributed by atoms with van der Waals surface area (Å²) in [5, 5.41) is 8.23. The molecule has 0 bridgehead atoms. The quantitative estimate of drug-likeness (QED) is 0.531. The van der Waals surface area contributed by atoms with E-state index in [0.29, 0.717) is 0 Å². The first-order valence-electron chi connectivity index (χ1n) is 2.54. The van der Waals surface area contributed by atoms with E-state index in [1.54, 1.807) is 13.8 Å². The van der Waals surface area contributed by atoms with Gasteiger partial charge in [0.05, 0.1) is 0 Å². The molecule has 0 aliphatic heterocycles. The Kier molecular flexibility index (Phi) is 6.65. The summed E-state index contributed by atoms with van der Waals surface area (Å²) < 4.78 is 0. The molecular formula is C5H13MgNO2. The fraction of sp³-hybridized carbons (Fsp3) is 0.800. The van der Waals surface area contributed by atoms with Gasteiger partial charge >= 0.3 is 29.0 Å². The number of rotatable bonds is 2. The Labute approximate surface area is 73.7 Å². The second-order valence-electron chi connectivity index (χ2n) is 2.11. The summed E-state index contributed by atoms with van der Waals surface area (Å²) in [4.78, 5) is 10.0. The summed E-state index contributed by atoms with van der Waals surface area (Å²) in [6.45, 7) is 3.55. The third-order valence-corrected chi connectivity index (χ3v) is 1.00. The van der Waals surface area contributed by atoms with Crippen LogP contribution in [-0.2, 0) is 4.79 Å². The van der Waals surface area contributed by atoms with Crippen LogP contribution in [0.4, 0.5) is 0 Å². The number of aliphatic carboxylic acids is 1. The Morgan fingerprint density at radius 2 is 2.00 bits per heavy atom. The summed E-state index contributed by atoms with van der Waals surface area (Å²) in [6, 6.07) is -0.713. The van der Waals surface area contributed by atoms with Gasteiger partial charge in [-0.15, -0.1) is 0 Å². The van der Waals surface area contributed by atoms with Gasteiger partial charge in [-0.2, -0.15) is 0 Å². The summed E-state index contributed by atoms with van der Waals surface area (Å²) in [7, 11) is 0. The minimum Gasteiger partial charge on any atom is -1.00 e. The van der Waals surface area contributed by atoms with Crippen LogP contribution in [0.1, 0.15) is 16.7 Å². The van der Waals surface area contributed by atoms with Crippen LogP contribution >= 0.6 is 0 Å².